The number of aliphatic hydroxyl groups excluding tert-OH is 5. The van der Waals surface area contributed by atoms with Gasteiger partial charge in [0.2, 0.25) is 5.91 Å². The van der Waals surface area contributed by atoms with E-state index in [1.54, 1.807) is 0 Å². The van der Waals surface area contributed by atoms with Gasteiger partial charge in [-0.3, -0.25) is 4.79 Å². The molecule has 7 atom stereocenters. The molecule has 7 unspecified atom stereocenters. The summed E-state index contributed by atoms with van der Waals surface area (Å²) in [5, 5.41) is 55.1. The lowest BCUT2D eigenvalue weighted by atomic mass is 9.99. The summed E-state index contributed by atoms with van der Waals surface area (Å²) < 4.78 is 11.4. The number of hydrogen-bond acceptors (Lipinski definition) is 8. The molecule has 0 bridgehead atoms. The lowest BCUT2D eigenvalue weighted by Crippen LogP contribution is -2.60. The molecule has 1 saturated heterocycles. The number of carbonyl (C=O) groups excluding carboxylic acids is 1. The van der Waals surface area contributed by atoms with Crippen molar-refractivity contribution in [2.24, 2.45) is 0 Å². The monoisotopic (exact) mass is 1280 g/mol. The molecule has 538 valence electrons. The van der Waals surface area contributed by atoms with E-state index in [-0.39, 0.29) is 12.5 Å². The van der Waals surface area contributed by atoms with Crippen LogP contribution in [0.1, 0.15) is 425 Å². The second-order valence-corrected chi connectivity index (χ2v) is 28.6. The summed E-state index contributed by atoms with van der Waals surface area (Å²) in [5.41, 5.74) is 0. The van der Waals surface area contributed by atoms with Crippen LogP contribution < -0.4 is 5.32 Å². The molecule has 6 N–H and O–H groups in total. The van der Waals surface area contributed by atoms with Crippen LogP contribution in [0.2, 0.25) is 0 Å². The van der Waals surface area contributed by atoms with Crippen LogP contribution >= 0.6 is 0 Å². The fraction of sp³-hybridized carbons (Fsp3) is 0.915. The van der Waals surface area contributed by atoms with Crippen molar-refractivity contribution in [1.82, 2.24) is 5.32 Å². The second-order valence-electron chi connectivity index (χ2n) is 28.6. The number of carbonyl (C=O) groups is 1. The molecule has 1 rings (SSSR count). The number of rotatable bonds is 73. The Hall–Kier alpha value is -1.59. The Labute approximate surface area is 565 Å². The maximum absolute atomic E-state index is 13.2. The van der Waals surface area contributed by atoms with Gasteiger partial charge in [-0.1, -0.05) is 403 Å². The summed E-state index contributed by atoms with van der Waals surface area (Å²) in [5.74, 6) is -0.134. The molecule has 0 radical (unpaired) electrons. The van der Waals surface area contributed by atoms with Gasteiger partial charge in [-0.15, -0.1) is 0 Å². The number of aliphatic hydroxyl groups is 5. The number of unbranched alkanes of at least 4 members (excludes halogenated alkanes) is 57. The van der Waals surface area contributed by atoms with E-state index in [2.05, 4.69) is 55.6 Å². The maximum atomic E-state index is 13.2. The number of nitrogens with one attached hydrogen (secondary N) is 1. The molecule has 0 spiro atoms. The van der Waals surface area contributed by atoms with Crippen LogP contribution in [0.4, 0.5) is 0 Å². The highest BCUT2D eigenvalue weighted by Gasteiger charge is 2.44. The molecule has 9 heteroatoms. The van der Waals surface area contributed by atoms with Gasteiger partial charge in [0, 0.05) is 6.42 Å². The van der Waals surface area contributed by atoms with Crippen LogP contribution in [0.3, 0.4) is 0 Å². The third-order valence-corrected chi connectivity index (χ3v) is 19.7. The highest BCUT2D eigenvalue weighted by atomic mass is 16.7. The van der Waals surface area contributed by atoms with Crippen molar-refractivity contribution in [2.75, 3.05) is 13.2 Å². The number of allylic oxidation sites excluding steroid dienone is 6. The molecule has 1 aliphatic rings. The molecule has 9 nitrogen and oxygen atoms in total. The first-order chi connectivity index (χ1) is 44.8. The summed E-state index contributed by atoms with van der Waals surface area (Å²) in [6.45, 7) is 3.89. The molecular weight excluding hydrogens is 1130 g/mol. The predicted molar refractivity (Wildman–Crippen MR) is 392 cm³/mol. The van der Waals surface area contributed by atoms with Gasteiger partial charge in [0.1, 0.15) is 24.4 Å². The zero-order chi connectivity index (χ0) is 65.7. The maximum Gasteiger partial charge on any atom is 0.220 e. The average Bonchev–Trinajstić information content (AvgIpc) is 1.33. The Morgan fingerprint density at radius 1 is 0.374 bits per heavy atom. The van der Waals surface area contributed by atoms with E-state index in [1.165, 1.54) is 347 Å². The molecule has 1 heterocycles. The largest absolute Gasteiger partial charge is 0.394 e. The van der Waals surface area contributed by atoms with Gasteiger partial charge in [0.15, 0.2) is 6.29 Å². The van der Waals surface area contributed by atoms with Crippen molar-refractivity contribution >= 4 is 5.91 Å². The summed E-state index contributed by atoms with van der Waals surface area (Å²) in [4.78, 5) is 13.2. The Morgan fingerprint density at radius 3 is 0.956 bits per heavy atom. The second kappa shape index (κ2) is 71.2. The van der Waals surface area contributed by atoms with Gasteiger partial charge >= 0.3 is 0 Å². The molecule has 91 heavy (non-hydrogen) atoms. The molecular formula is C82H157NO8. The molecule has 0 aromatic carbocycles. The van der Waals surface area contributed by atoms with Gasteiger partial charge in [-0.05, 0) is 51.4 Å². The zero-order valence-corrected chi connectivity index (χ0v) is 60.6. The zero-order valence-electron chi connectivity index (χ0n) is 60.6. The fourth-order valence-electron chi connectivity index (χ4n) is 13.4. The van der Waals surface area contributed by atoms with Crippen LogP contribution in [-0.2, 0) is 14.3 Å². The lowest BCUT2D eigenvalue weighted by Gasteiger charge is -2.40. The third-order valence-electron chi connectivity index (χ3n) is 19.7. The van der Waals surface area contributed by atoms with E-state index in [1.807, 2.05) is 0 Å². The van der Waals surface area contributed by atoms with Gasteiger partial charge in [-0.2, -0.15) is 0 Å². The van der Waals surface area contributed by atoms with Crippen molar-refractivity contribution in [3.8, 4) is 0 Å². The van der Waals surface area contributed by atoms with Crippen molar-refractivity contribution in [1.29, 1.82) is 0 Å². The van der Waals surface area contributed by atoms with Crippen molar-refractivity contribution < 1.29 is 39.8 Å². The summed E-state index contributed by atoms with van der Waals surface area (Å²) in [7, 11) is 0. The van der Waals surface area contributed by atoms with Crippen molar-refractivity contribution in [2.45, 2.75) is 468 Å². The average molecular weight is 1290 g/mol. The Morgan fingerprint density at radius 2 is 0.648 bits per heavy atom. The van der Waals surface area contributed by atoms with Gasteiger partial charge in [-0.25, -0.2) is 0 Å². The smallest absolute Gasteiger partial charge is 0.220 e. The van der Waals surface area contributed by atoms with E-state index >= 15 is 0 Å². The molecule has 1 aliphatic heterocycles. The van der Waals surface area contributed by atoms with E-state index in [4.69, 9.17) is 9.47 Å². The van der Waals surface area contributed by atoms with Crippen molar-refractivity contribution in [3.63, 3.8) is 0 Å². The van der Waals surface area contributed by atoms with Crippen LogP contribution in [0, 0.1) is 0 Å². The molecule has 0 saturated carbocycles. The first-order valence-electron chi connectivity index (χ1n) is 40.7. The summed E-state index contributed by atoms with van der Waals surface area (Å²) >= 11 is 0. The van der Waals surface area contributed by atoms with E-state index in [9.17, 15) is 30.3 Å². The number of hydrogen-bond donors (Lipinski definition) is 6. The molecule has 0 aromatic heterocycles. The Bertz CT molecular complexity index is 1540. The molecule has 1 amide bonds. The first-order valence-corrected chi connectivity index (χ1v) is 40.7. The highest BCUT2D eigenvalue weighted by molar-refractivity contribution is 5.76. The Kier molecular flexibility index (Phi) is 68.4. The minimum absolute atomic E-state index is 0.133. The molecule has 0 aliphatic carbocycles. The molecule has 1 fully saturated rings. The van der Waals surface area contributed by atoms with Gasteiger partial charge in [0.25, 0.3) is 0 Å². The first kappa shape index (κ1) is 87.4. The van der Waals surface area contributed by atoms with E-state index < -0.39 is 49.5 Å². The number of ether oxygens (including phenoxy) is 2. The number of amides is 1. The lowest BCUT2D eigenvalue weighted by molar-refractivity contribution is -0.302. The fourth-order valence-corrected chi connectivity index (χ4v) is 13.4. The third kappa shape index (κ3) is 59.4. The summed E-state index contributed by atoms with van der Waals surface area (Å²) in [6.07, 6.45) is 89.8. The van der Waals surface area contributed by atoms with Crippen LogP contribution in [-0.4, -0.2) is 87.5 Å². The predicted octanol–water partition coefficient (Wildman–Crippen LogP) is 23.3. The minimum atomic E-state index is -1.55. The van der Waals surface area contributed by atoms with Gasteiger partial charge in [0.05, 0.1) is 25.4 Å². The molecule has 0 aromatic rings. The highest BCUT2D eigenvalue weighted by Crippen LogP contribution is 2.24. The van der Waals surface area contributed by atoms with E-state index in [0.29, 0.717) is 12.8 Å². The minimum Gasteiger partial charge on any atom is -0.394 e. The van der Waals surface area contributed by atoms with Crippen LogP contribution in [0.5, 0.6) is 0 Å². The summed E-state index contributed by atoms with van der Waals surface area (Å²) in [6, 6.07) is -0.719. The SMILES string of the molecule is CCCCCCC/C=C\C/C=C\C/C=C\CCCCCCCCCCCCCCCCCCCCCCCCCCC(=O)NC(COC1OC(CO)C(O)C(O)C1O)C(O)CCCCCCCCCCCCCCCCCCCCCCCCCCCCCCC. The van der Waals surface area contributed by atoms with Crippen LogP contribution in [0.25, 0.3) is 0 Å². The van der Waals surface area contributed by atoms with Gasteiger partial charge < -0.3 is 40.3 Å². The quantitative estimate of drug-likeness (QED) is 0.0261. The normalized spacial score (nSPS) is 17.8. The van der Waals surface area contributed by atoms with Crippen LogP contribution in [0.15, 0.2) is 36.5 Å². The Balaban J connectivity index is 2.03. The topological polar surface area (TPSA) is 149 Å². The van der Waals surface area contributed by atoms with Crippen molar-refractivity contribution in [3.05, 3.63) is 36.5 Å². The van der Waals surface area contributed by atoms with E-state index in [0.717, 1.165) is 51.4 Å². The standard InChI is InChI=1S/C82H157NO8/c1-3-5-7-9-11-13-15-17-19-21-23-25-27-29-31-33-34-35-36-37-38-39-40-41-42-44-46-48-50-52-54-56-58-60-62-64-66-68-70-72-78(86)83-75(74-90-82-81(89)80(88)79(87)77(73-84)91-82)76(85)71-69-67-65-63-61-59-57-55-53-51-49-47-45-43-32-30-28-26-24-22-20-18-16-14-12-10-8-6-4-2/h15,17,21,23,27,29,75-77,79-82,84-85,87-89H,3-14,16,18-20,22,24-26,28,30-74H2,1-2H3,(H,83,86)/b17-15-,23-21-,29-27-.